The lowest BCUT2D eigenvalue weighted by Crippen LogP contribution is -2.26. The lowest BCUT2D eigenvalue weighted by molar-refractivity contribution is 0.112. The minimum absolute atomic E-state index is 0.0178. The van der Waals surface area contributed by atoms with Gasteiger partial charge in [-0.2, -0.15) is 4.98 Å². The van der Waals surface area contributed by atoms with Crippen LogP contribution in [0.1, 0.15) is 15.4 Å². The summed E-state index contributed by atoms with van der Waals surface area (Å²) in [6.45, 7) is 0.168. The Morgan fingerprint density at radius 3 is 3.04 bits per heavy atom. The second-order valence-electron chi connectivity index (χ2n) is 4.20. The van der Waals surface area contributed by atoms with E-state index in [0.717, 1.165) is 11.3 Å². The Hall–Kier alpha value is -1.97. The topological polar surface area (TPSA) is 94.3 Å². The average Bonchev–Trinajstić information content (AvgIpc) is 3.14. The summed E-state index contributed by atoms with van der Waals surface area (Å²) >= 11 is 10.2. The molecule has 0 aliphatic heterocycles. The molecular formula is C13H7BrClN3O4S. The Labute approximate surface area is 146 Å². The number of nitrogens with one attached hydrogen (secondary N) is 1. The van der Waals surface area contributed by atoms with Gasteiger partial charge in [0, 0.05) is 0 Å². The lowest BCUT2D eigenvalue weighted by atomic mass is 10.4. The highest BCUT2D eigenvalue weighted by Crippen LogP contribution is 2.38. The maximum atomic E-state index is 11.9. The summed E-state index contributed by atoms with van der Waals surface area (Å²) in [5.74, 6) is 0.561. The first-order valence-electron chi connectivity index (χ1n) is 6.17. The van der Waals surface area contributed by atoms with Crippen molar-refractivity contribution in [1.29, 1.82) is 0 Å². The Kier molecular flexibility index (Phi) is 4.60. The van der Waals surface area contributed by atoms with E-state index in [9.17, 15) is 9.59 Å². The summed E-state index contributed by atoms with van der Waals surface area (Å²) in [6, 6.07) is 3.42. The lowest BCUT2D eigenvalue weighted by Gasteiger charge is -2.05. The maximum Gasteiger partial charge on any atom is 0.414 e. The molecule has 0 saturated heterocycles. The van der Waals surface area contributed by atoms with Crippen LogP contribution in [0.3, 0.4) is 0 Å². The summed E-state index contributed by atoms with van der Waals surface area (Å²) in [5.41, 5.74) is 0.408. The Balaban J connectivity index is 1.84. The van der Waals surface area contributed by atoms with Gasteiger partial charge in [0.1, 0.15) is 16.0 Å². The number of hydrogen-bond acceptors (Lipinski definition) is 7. The summed E-state index contributed by atoms with van der Waals surface area (Å²) in [6.07, 6.45) is 1.44. The van der Waals surface area contributed by atoms with Crippen molar-refractivity contribution in [1.82, 2.24) is 15.3 Å². The molecule has 0 radical (unpaired) electrons. The van der Waals surface area contributed by atoms with Crippen molar-refractivity contribution in [3.63, 3.8) is 0 Å². The zero-order valence-corrected chi connectivity index (χ0v) is 14.4. The van der Waals surface area contributed by atoms with E-state index < -0.39 is 6.09 Å². The van der Waals surface area contributed by atoms with Crippen molar-refractivity contribution in [3.8, 4) is 5.88 Å². The molecule has 3 aromatic rings. The molecule has 0 fully saturated rings. The summed E-state index contributed by atoms with van der Waals surface area (Å²) in [7, 11) is 0. The number of fused-ring (bicyclic) bond motifs is 1. The normalized spacial score (nSPS) is 10.7. The maximum absolute atomic E-state index is 11.9. The van der Waals surface area contributed by atoms with Crippen LogP contribution in [-0.2, 0) is 6.54 Å². The highest BCUT2D eigenvalue weighted by atomic mass is 79.9. The van der Waals surface area contributed by atoms with Crippen LogP contribution in [0, 0.1) is 0 Å². The molecule has 0 saturated carbocycles. The minimum Gasteiger partial charge on any atom is -0.467 e. The number of furan rings is 1. The van der Waals surface area contributed by atoms with Gasteiger partial charge in [-0.1, -0.05) is 0 Å². The zero-order valence-electron chi connectivity index (χ0n) is 11.2. The number of hydrogen-bond donors (Lipinski definition) is 1. The van der Waals surface area contributed by atoms with Crippen molar-refractivity contribution < 1.29 is 18.7 Å². The average molecular weight is 417 g/mol. The van der Waals surface area contributed by atoms with Gasteiger partial charge in [0.05, 0.1) is 22.2 Å². The van der Waals surface area contributed by atoms with E-state index in [1.807, 2.05) is 0 Å². The molecule has 7 nitrogen and oxygen atoms in total. The number of rotatable bonds is 4. The van der Waals surface area contributed by atoms with Crippen LogP contribution in [0.15, 0.2) is 27.3 Å². The van der Waals surface area contributed by atoms with E-state index in [1.54, 1.807) is 12.1 Å². The fourth-order valence-electron chi connectivity index (χ4n) is 1.76. The Morgan fingerprint density at radius 1 is 1.52 bits per heavy atom. The van der Waals surface area contributed by atoms with E-state index in [0.29, 0.717) is 31.6 Å². The number of halogens is 2. The molecule has 0 aliphatic carbocycles. The molecule has 3 heterocycles. The molecule has 0 atom stereocenters. The molecule has 3 aromatic heterocycles. The number of aldehydes is 1. The SMILES string of the molecule is O=Cc1sc2c(OC(=O)NCc3ccco3)nc(Cl)nc2c1Br. The third-order valence-electron chi connectivity index (χ3n) is 2.73. The fraction of sp³-hybridized carbons (Fsp3) is 0.0769. The van der Waals surface area contributed by atoms with Crippen LogP contribution >= 0.6 is 38.9 Å². The second-order valence-corrected chi connectivity index (χ2v) is 6.38. The van der Waals surface area contributed by atoms with Crippen LogP contribution in [0.25, 0.3) is 10.2 Å². The first kappa shape index (κ1) is 15.9. The number of aromatic nitrogens is 2. The van der Waals surface area contributed by atoms with E-state index >= 15 is 0 Å². The van der Waals surface area contributed by atoms with E-state index in [1.165, 1.54) is 6.26 Å². The third-order valence-corrected chi connectivity index (χ3v) is 5.05. The van der Waals surface area contributed by atoms with Gasteiger partial charge in [-0.3, -0.25) is 4.79 Å². The quantitative estimate of drug-likeness (QED) is 0.513. The first-order valence-corrected chi connectivity index (χ1v) is 8.16. The molecule has 1 N–H and O–H groups in total. The highest BCUT2D eigenvalue weighted by molar-refractivity contribution is 9.10. The predicted octanol–water partition coefficient (Wildman–Crippen LogP) is 3.80. The fourth-order valence-corrected chi connectivity index (χ4v) is 3.55. The summed E-state index contributed by atoms with van der Waals surface area (Å²) < 4.78 is 11.2. The smallest absolute Gasteiger partial charge is 0.414 e. The van der Waals surface area contributed by atoms with E-state index in [4.69, 9.17) is 20.8 Å². The number of nitrogens with zero attached hydrogens (tertiary/aromatic N) is 2. The van der Waals surface area contributed by atoms with Gasteiger partial charge < -0.3 is 14.5 Å². The van der Waals surface area contributed by atoms with E-state index in [-0.39, 0.29) is 17.7 Å². The van der Waals surface area contributed by atoms with Crippen molar-refractivity contribution in [2.24, 2.45) is 0 Å². The summed E-state index contributed by atoms with van der Waals surface area (Å²) in [5, 5.41) is 2.42. The predicted molar refractivity (Wildman–Crippen MR) is 87.1 cm³/mol. The molecule has 10 heteroatoms. The second kappa shape index (κ2) is 6.65. The zero-order chi connectivity index (χ0) is 16.4. The van der Waals surface area contributed by atoms with Crippen LogP contribution in [-0.4, -0.2) is 22.3 Å². The Bertz CT molecular complexity index is 881. The molecule has 1 amide bonds. The van der Waals surface area contributed by atoms with Crippen LogP contribution < -0.4 is 10.1 Å². The monoisotopic (exact) mass is 415 g/mol. The molecule has 0 spiro atoms. The molecule has 3 rings (SSSR count). The standard InChI is InChI=1S/C13H7BrClN3O4S/c14-8-7(5-19)23-10-9(8)17-12(15)18-11(10)22-13(20)16-4-6-2-1-3-21-6/h1-3,5H,4H2,(H,16,20). The largest absolute Gasteiger partial charge is 0.467 e. The van der Waals surface area contributed by atoms with Gasteiger partial charge in [-0.15, -0.1) is 11.3 Å². The Morgan fingerprint density at radius 2 is 2.35 bits per heavy atom. The molecule has 0 unspecified atom stereocenters. The van der Waals surface area contributed by atoms with Gasteiger partial charge in [-0.05, 0) is 39.7 Å². The van der Waals surface area contributed by atoms with Crippen molar-refractivity contribution in [2.45, 2.75) is 6.54 Å². The number of carbonyl (C=O) groups is 2. The number of amides is 1. The van der Waals surface area contributed by atoms with Crippen LogP contribution in [0.4, 0.5) is 4.79 Å². The van der Waals surface area contributed by atoms with Crippen LogP contribution in [0.5, 0.6) is 5.88 Å². The van der Waals surface area contributed by atoms with Gasteiger partial charge in [0.25, 0.3) is 0 Å². The van der Waals surface area contributed by atoms with Gasteiger partial charge in [0.15, 0.2) is 6.29 Å². The number of carbonyl (C=O) groups excluding carboxylic acids is 2. The van der Waals surface area contributed by atoms with Crippen LogP contribution in [0.2, 0.25) is 5.28 Å². The molecule has 23 heavy (non-hydrogen) atoms. The van der Waals surface area contributed by atoms with Gasteiger partial charge in [-0.25, -0.2) is 9.78 Å². The van der Waals surface area contributed by atoms with Crippen molar-refractivity contribution in [3.05, 3.63) is 38.8 Å². The molecular weight excluding hydrogens is 410 g/mol. The molecule has 0 bridgehead atoms. The van der Waals surface area contributed by atoms with Crippen molar-refractivity contribution in [2.75, 3.05) is 0 Å². The number of thiophene rings is 1. The molecule has 118 valence electrons. The van der Waals surface area contributed by atoms with E-state index in [2.05, 4.69) is 31.2 Å². The minimum atomic E-state index is -0.727. The first-order chi connectivity index (χ1) is 11.1. The van der Waals surface area contributed by atoms with Gasteiger partial charge in [0.2, 0.25) is 11.2 Å². The molecule has 0 aromatic carbocycles. The van der Waals surface area contributed by atoms with Crippen molar-refractivity contribution >= 4 is 61.5 Å². The number of ether oxygens (including phenoxy) is 1. The van der Waals surface area contributed by atoms with Gasteiger partial charge >= 0.3 is 6.09 Å². The summed E-state index contributed by atoms with van der Waals surface area (Å²) in [4.78, 5) is 31.2. The molecule has 0 aliphatic rings. The third kappa shape index (κ3) is 3.36. The highest BCUT2D eigenvalue weighted by Gasteiger charge is 2.19.